The Labute approximate surface area is 201 Å². The molecule has 0 bridgehead atoms. The van der Waals surface area contributed by atoms with E-state index in [1.54, 1.807) is 18.3 Å². The number of ether oxygens (including phenoxy) is 1. The average molecular weight is 470 g/mol. The van der Waals surface area contributed by atoms with Gasteiger partial charge in [0.25, 0.3) is 5.91 Å². The molecule has 5 rings (SSSR count). The third-order valence-corrected chi connectivity index (χ3v) is 6.51. The van der Waals surface area contributed by atoms with Crippen LogP contribution in [-0.2, 0) is 16.1 Å². The number of carbonyl (C=O) groups excluding carboxylic acids is 2. The fourth-order valence-corrected chi connectivity index (χ4v) is 4.68. The molecule has 0 aliphatic carbocycles. The Morgan fingerprint density at radius 1 is 1.03 bits per heavy atom. The van der Waals surface area contributed by atoms with Gasteiger partial charge in [-0.05, 0) is 30.7 Å². The Balaban J connectivity index is 1.38. The molecule has 2 heterocycles. The van der Waals surface area contributed by atoms with Crippen LogP contribution in [0.15, 0.2) is 84.2 Å². The van der Waals surface area contributed by atoms with E-state index in [0.29, 0.717) is 18.0 Å². The van der Waals surface area contributed by atoms with Crippen LogP contribution in [0.5, 0.6) is 5.75 Å². The summed E-state index contributed by atoms with van der Waals surface area (Å²) in [7, 11) is 0. The summed E-state index contributed by atoms with van der Waals surface area (Å²) in [5.74, 6) is 0.0932. The molecule has 1 aliphatic rings. The molecule has 1 aromatic heterocycles. The van der Waals surface area contributed by atoms with Crippen molar-refractivity contribution in [3.8, 4) is 27.6 Å². The summed E-state index contributed by atoms with van der Waals surface area (Å²) < 4.78 is 5.81. The van der Waals surface area contributed by atoms with E-state index in [1.165, 1.54) is 4.90 Å². The van der Waals surface area contributed by atoms with Crippen LogP contribution in [0.25, 0.3) is 21.8 Å². The highest BCUT2D eigenvalue weighted by Gasteiger charge is 2.33. The number of nitrogens with one attached hydrogen (secondary N) is 1. The highest BCUT2D eigenvalue weighted by molar-refractivity contribution is 7.13. The number of carbonyl (C=O) groups is 2. The maximum Gasteiger partial charge on any atom is 0.268 e. The lowest BCUT2D eigenvalue weighted by Gasteiger charge is -2.32. The summed E-state index contributed by atoms with van der Waals surface area (Å²) in [5, 5.41) is 5.81. The maximum atomic E-state index is 12.9. The number of amides is 2. The smallest absolute Gasteiger partial charge is 0.268 e. The number of hydrogen-bond acceptors (Lipinski definition) is 5. The minimum Gasteiger partial charge on any atom is -0.479 e. The molecule has 1 N–H and O–H groups in total. The zero-order chi connectivity index (χ0) is 23.5. The van der Waals surface area contributed by atoms with Gasteiger partial charge >= 0.3 is 0 Å². The van der Waals surface area contributed by atoms with Crippen LogP contribution in [0.4, 0.5) is 5.69 Å². The molecule has 0 spiro atoms. The fraction of sp³-hybridized carbons (Fsp3) is 0.148. The SMILES string of the molecule is CC1Oc2ccc(-c3csc(-c4ccccc4)n3)cc2N(CC(=O)NCc2ccccc2)C1=O. The molecule has 4 aromatic rings. The van der Waals surface area contributed by atoms with E-state index >= 15 is 0 Å². The Morgan fingerprint density at radius 2 is 1.76 bits per heavy atom. The number of nitrogens with zero attached hydrogens (tertiary/aromatic N) is 2. The van der Waals surface area contributed by atoms with Crippen LogP contribution >= 0.6 is 11.3 Å². The molecule has 0 fully saturated rings. The van der Waals surface area contributed by atoms with E-state index in [0.717, 1.165) is 27.4 Å². The zero-order valence-corrected chi connectivity index (χ0v) is 19.4. The van der Waals surface area contributed by atoms with Gasteiger partial charge in [-0.3, -0.25) is 14.5 Å². The molecular formula is C27H23N3O3S. The minimum atomic E-state index is -0.663. The molecule has 0 saturated carbocycles. The third kappa shape index (κ3) is 4.56. The first-order chi connectivity index (χ1) is 16.6. The average Bonchev–Trinajstić information content (AvgIpc) is 3.37. The van der Waals surface area contributed by atoms with Gasteiger partial charge in [0.2, 0.25) is 5.91 Å². The Bertz CT molecular complexity index is 1320. The van der Waals surface area contributed by atoms with E-state index in [4.69, 9.17) is 9.72 Å². The van der Waals surface area contributed by atoms with Crippen LogP contribution in [0.2, 0.25) is 0 Å². The molecule has 34 heavy (non-hydrogen) atoms. The minimum absolute atomic E-state index is 0.0812. The highest BCUT2D eigenvalue weighted by Crippen LogP contribution is 2.38. The molecule has 7 heteroatoms. The molecule has 6 nitrogen and oxygen atoms in total. The molecular weight excluding hydrogens is 446 g/mol. The quantitative estimate of drug-likeness (QED) is 0.436. The molecule has 1 atom stereocenters. The molecule has 170 valence electrons. The lowest BCUT2D eigenvalue weighted by Crippen LogP contribution is -2.48. The molecule has 1 aliphatic heterocycles. The van der Waals surface area contributed by atoms with Crippen LogP contribution in [0, 0.1) is 0 Å². The van der Waals surface area contributed by atoms with Crippen molar-refractivity contribution in [2.45, 2.75) is 19.6 Å². The summed E-state index contributed by atoms with van der Waals surface area (Å²) in [5.41, 5.74) is 4.30. The molecule has 2 amide bonds. The second kappa shape index (κ2) is 9.49. The zero-order valence-electron chi connectivity index (χ0n) is 18.6. The first-order valence-electron chi connectivity index (χ1n) is 11.0. The van der Waals surface area contributed by atoms with Gasteiger partial charge < -0.3 is 10.1 Å². The molecule has 1 unspecified atom stereocenters. The maximum absolute atomic E-state index is 12.9. The van der Waals surface area contributed by atoms with Crippen molar-refractivity contribution in [1.29, 1.82) is 0 Å². The monoisotopic (exact) mass is 469 g/mol. The van der Waals surface area contributed by atoms with Crippen molar-refractivity contribution >= 4 is 28.8 Å². The summed E-state index contributed by atoms with van der Waals surface area (Å²) in [6.07, 6.45) is -0.663. The van der Waals surface area contributed by atoms with Crippen molar-refractivity contribution in [1.82, 2.24) is 10.3 Å². The second-order valence-corrected chi connectivity index (χ2v) is 8.89. The first-order valence-corrected chi connectivity index (χ1v) is 11.9. The fourth-order valence-electron chi connectivity index (χ4n) is 3.85. The molecule has 0 saturated heterocycles. The van der Waals surface area contributed by atoms with Crippen LogP contribution in [0.1, 0.15) is 12.5 Å². The number of benzene rings is 3. The Morgan fingerprint density at radius 3 is 2.53 bits per heavy atom. The van der Waals surface area contributed by atoms with Crippen molar-refractivity contribution < 1.29 is 14.3 Å². The van der Waals surface area contributed by atoms with Crippen molar-refractivity contribution in [3.63, 3.8) is 0 Å². The lowest BCUT2D eigenvalue weighted by molar-refractivity contribution is -0.128. The van der Waals surface area contributed by atoms with E-state index in [1.807, 2.05) is 84.2 Å². The van der Waals surface area contributed by atoms with Gasteiger partial charge in [0.05, 0.1) is 11.4 Å². The van der Waals surface area contributed by atoms with Gasteiger partial charge in [0.1, 0.15) is 17.3 Å². The highest BCUT2D eigenvalue weighted by atomic mass is 32.1. The van der Waals surface area contributed by atoms with Crippen molar-refractivity contribution in [2.75, 3.05) is 11.4 Å². The van der Waals surface area contributed by atoms with Crippen LogP contribution < -0.4 is 15.0 Å². The largest absolute Gasteiger partial charge is 0.479 e. The van der Waals surface area contributed by atoms with Crippen LogP contribution in [0.3, 0.4) is 0 Å². The summed E-state index contributed by atoms with van der Waals surface area (Å²) >= 11 is 1.56. The first kappa shape index (κ1) is 21.9. The van der Waals surface area contributed by atoms with E-state index in [9.17, 15) is 9.59 Å². The number of hydrogen-bond donors (Lipinski definition) is 1. The number of thiazole rings is 1. The summed E-state index contributed by atoms with van der Waals surface area (Å²) in [6.45, 7) is 2.02. The number of rotatable bonds is 6. The van der Waals surface area contributed by atoms with Crippen molar-refractivity contribution in [2.24, 2.45) is 0 Å². The topological polar surface area (TPSA) is 71.5 Å². The van der Waals surface area contributed by atoms with Gasteiger partial charge in [-0.2, -0.15) is 0 Å². The standard InChI is InChI=1S/C27H23N3O3S/c1-18-27(32)30(16-25(31)28-15-19-8-4-2-5-9-19)23-14-21(12-13-24(23)33-18)22-17-34-26(29-22)20-10-6-3-7-11-20/h2-14,17-18H,15-16H2,1H3,(H,28,31). The molecule has 0 radical (unpaired) electrons. The third-order valence-electron chi connectivity index (χ3n) is 5.62. The predicted molar refractivity (Wildman–Crippen MR) is 134 cm³/mol. The predicted octanol–water partition coefficient (Wildman–Crippen LogP) is 4.91. The normalized spacial score (nSPS) is 14.9. The van der Waals surface area contributed by atoms with Gasteiger partial charge in [-0.25, -0.2) is 4.98 Å². The Kier molecular flexibility index (Phi) is 6.10. The number of anilines is 1. The van der Waals surface area contributed by atoms with E-state index in [2.05, 4.69) is 5.32 Å². The van der Waals surface area contributed by atoms with Gasteiger partial charge in [-0.1, -0.05) is 60.7 Å². The molecule has 3 aromatic carbocycles. The second-order valence-electron chi connectivity index (χ2n) is 8.03. The number of fused-ring (bicyclic) bond motifs is 1. The lowest BCUT2D eigenvalue weighted by atomic mass is 10.1. The van der Waals surface area contributed by atoms with Gasteiger partial charge in [0, 0.05) is 23.1 Å². The summed E-state index contributed by atoms with van der Waals surface area (Å²) in [4.78, 5) is 31.9. The van der Waals surface area contributed by atoms with Gasteiger partial charge in [-0.15, -0.1) is 11.3 Å². The van der Waals surface area contributed by atoms with E-state index < -0.39 is 6.10 Å². The number of aromatic nitrogens is 1. The van der Waals surface area contributed by atoms with E-state index in [-0.39, 0.29) is 18.4 Å². The van der Waals surface area contributed by atoms with Crippen LogP contribution in [-0.4, -0.2) is 29.4 Å². The van der Waals surface area contributed by atoms with Gasteiger partial charge in [0.15, 0.2) is 6.10 Å². The summed E-state index contributed by atoms with van der Waals surface area (Å²) in [6, 6.07) is 25.3. The van der Waals surface area contributed by atoms with Crippen molar-refractivity contribution in [3.05, 3.63) is 89.8 Å². The Hall–Kier alpha value is -3.97.